The molecule has 0 aliphatic carbocycles. The van der Waals surface area contributed by atoms with E-state index in [1.165, 1.54) is 5.56 Å². The van der Waals surface area contributed by atoms with E-state index in [4.69, 9.17) is 5.73 Å². The fourth-order valence-corrected chi connectivity index (χ4v) is 2.75. The monoisotopic (exact) mass is 341 g/mol. The Bertz CT molecular complexity index is 378. The lowest BCUT2D eigenvalue weighted by Gasteiger charge is -2.33. The van der Waals surface area contributed by atoms with Gasteiger partial charge in [-0.3, -0.25) is 4.90 Å². The van der Waals surface area contributed by atoms with E-state index in [1.54, 1.807) is 0 Å². The Hall–Kier alpha value is -0.420. The van der Waals surface area contributed by atoms with Crippen molar-refractivity contribution in [1.29, 1.82) is 0 Å². The van der Waals surface area contributed by atoms with Crippen LogP contribution in [0, 0.1) is 0 Å². The van der Waals surface area contributed by atoms with Gasteiger partial charge in [-0.15, -0.1) is 0 Å². The van der Waals surface area contributed by atoms with Crippen molar-refractivity contribution in [3.8, 4) is 0 Å². The van der Waals surface area contributed by atoms with E-state index in [0.29, 0.717) is 0 Å². The van der Waals surface area contributed by atoms with Gasteiger partial charge in [0, 0.05) is 16.6 Å². The fraction of sp³-hybridized carbons (Fsp3) is 0.625. The van der Waals surface area contributed by atoms with Crippen molar-refractivity contribution in [2.45, 2.75) is 31.8 Å². The maximum atomic E-state index is 6.36. The van der Waals surface area contributed by atoms with Gasteiger partial charge in [0.1, 0.15) is 0 Å². The summed E-state index contributed by atoms with van der Waals surface area (Å²) in [4.78, 5) is 4.61. The molecule has 2 N–H and O–H groups in total. The summed E-state index contributed by atoms with van der Waals surface area (Å²) in [5.41, 5.74) is 7.66. The third-order valence-corrected chi connectivity index (χ3v) is 4.21. The summed E-state index contributed by atoms with van der Waals surface area (Å²) < 4.78 is 1.11. The van der Waals surface area contributed by atoms with Crippen molar-refractivity contribution in [3.05, 3.63) is 34.3 Å². The molecule has 0 saturated heterocycles. The van der Waals surface area contributed by atoms with E-state index in [1.807, 2.05) is 0 Å². The molecule has 0 bridgehead atoms. The average molecular weight is 342 g/mol. The van der Waals surface area contributed by atoms with E-state index >= 15 is 0 Å². The molecule has 3 nitrogen and oxygen atoms in total. The third-order valence-electron chi connectivity index (χ3n) is 3.68. The topological polar surface area (TPSA) is 32.5 Å². The van der Waals surface area contributed by atoms with Crippen LogP contribution in [0.25, 0.3) is 0 Å². The second kappa shape index (κ2) is 8.78. The first-order chi connectivity index (χ1) is 9.45. The molecule has 0 aliphatic rings. The summed E-state index contributed by atoms with van der Waals surface area (Å²) in [5, 5.41) is 0. The highest BCUT2D eigenvalue weighted by molar-refractivity contribution is 9.10. The predicted octanol–water partition coefficient (Wildman–Crippen LogP) is 3.11. The first kappa shape index (κ1) is 17.6. The van der Waals surface area contributed by atoms with Crippen molar-refractivity contribution >= 4 is 15.9 Å². The summed E-state index contributed by atoms with van der Waals surface area (Å²) in [6.07, 6.45) is 2.14. The molecule has 4 heteroatoms. The van der Waals surface area contributed by atoms with E-state index in [9.17, 15) is 0 Å². The van der Waals surface area contributed by atoms with Gasteiger partial charge in [0.05, 0.1) is 0 Å². The average Bonchev–Trinajstić information content (AvgIpc) is 2.40. The van der Waals surface area contributed by atoms with E-state index < -0.39 is 0 Å². The molecule has 0 aliphatic heterocycles. The van der Waals surface area contributed by atoms with Gasteiger partial charge in [0.15, 0.2) is 0 Å². The predicted molar refractivity (Wildman–Crippen MR) is 91.0 cm³/mol. The molecule has 1 rings (SSSR count). The smallest absolute Gasteiger partial charge is 0.0496 e. The van der Waals surface area contributed by atoms with Gasteiger partial charge in [-0.2, -0.15) is 0 Å². The van der Waals surface area contributed by atoms with Crippen LogP contribution in [-0.4, -0.2) is 50.1 Å². The molecule has 20 heavy (non-hydrogen) atoms. The summed E-state index contributed by atoms with van der Waals surface area (Å²) in [6, 6.07) is 8.99. The maximum Gasteiger partial charge on any atom is 0.0496 e. The maximum absolute atomic E-state index is 6.36. The van der Waals surface area contributed by atoms with Gasteiger partial charge in [-0.1, -0.05) is 35.0 Å². The highest BCUT2D eigenvalue weighted by atomic mass is 79.9. The van der Waals surface area contributed by atoms with Gasteiger partial charge in [0.2, 0.25) is 0 Å². The van der Waals surface area contributed by atoms with Gasteiger partial charge in [-0.25, -0.2) is 0 Å². The van der Waals surface area contributed by atoms with Crippen LogP contribution in [0.3, 0.4) is 0 Å². The summed E-state index contributed by atoms with van der Waals surface area (Å²) in [7, 11) is 6.41. The molecule has 1 aromatic carbocycles. The fourth-order valence-electron chi connectivity index (χ4n) is 2.49. The van der Waals surface area contributed by atoms with Crippen molar-refractivity contribution in [1.82, 2.24) is 9.80 Å². The van der Waals surface area contributed by atoms with Crippen molar-refractivity contribution < 1.29 is 0 Å². The standard InChI is InChI=1S/C16H28BrN3/c1-5-15(18)16(13-7-9-14(17)10-8-13)20(4)12-6-11-19(2)3/h7-10,15-16H,5-6,11-12,18H2,1-4H3. The van der Waals surface area contributed by atoms with E-state index in [-0.39, 0.29) is 12.1 Å². The number of nitrogens with two attached hydrogens (primary N) is 1. The zero-order valence-electron chi connectivity index (χ0n) is 13.1. The first-order valence-corrected chi connectivity index (χ1v) is 8.11. The van der Waals surface area contributed by atoms with Crippen LogP contribution in [0.1, 0.15) is 31.4 Å². The minimum Gasteiger partial charge on any atom is -0.326 e. The molecule has 0 fully saturated rings. The Morgan fingerprint density at radius 3 is 2.20 bits per heavy atom. The van der Waals surface area contributed by atoms with Crippen LogP contribution in [0.2, 0.25) is 0 Å². The Labute approximate surface area is 132 Å². The Morgan fingerprint density at radius 1 is 1.10 bits per heavy atom. The molecule has 1 aromatic rings. The van der Waals surface area contributed by atoms with Crippen LogP contribution < -0.4 is 5.73 Å². The van der Waals surface area contributed by atoms with Crippen molar-refractivity contribution in [3.63, 3.8) is 0 Å². The zero-order valence-corrected chi connectivity index (χ0v) is 14.7. The van der Waals surface area contributed by atoms with Gasteiger partial charge in [0.25, 0.3) is 0 Å². The van der Waals surface area contributed by atoms with Crippen LogP contribution >= 0.6 is 15.9 Å². The molecule has 114 valence electrons. The zero-order chi connectivity index (χ0) is 15.1. The van der Waals surface area contributed by atoms with Gasteiger partial charge >= 0.3 is 0 Å². The first-order valence-electron chi connectivity index (χ1n) is 7.31. The molecular weight excluding hydrogens is 314 g/mol. The van der Waals surface area contributed by atoms with Crippen LogP contribution in [0.5, 0.6) is 0 Å². The van der Waals surface area contributed by atoms with Crippen LogP contribution in [0.15, 0.2) is 28.7 Å². The molecule has 0 spiro atoms. The van der Waals surface area contributed by atoms with E-state index in [2.05, 4.69) is 78.1 Å². The summed E-state index contributed by atoms with van der Waals surface area (Å²) >= 11 is 3.49. The number of hydrogen-bond acceptors (Lipinski definition) is 3. The molecule has 2 unspecified atom stereocenters. The summed E-state index contributed by atoms with van der Waals surface area (Å²) in [6.45, 7) is 4.33. The number of halogens is 1. The lowest BCUT2D eigenvalue weighted by molar-refractivity contribution is 0.200. The number of likely N-dealkylation sites (N-methyl/N-ethyl adjacent to an activating group) is 1. The minimum absolute atomic E-state index is 0.167. The van der Waals surface area contributed by atoms with Crippen LogP contribution in [0.4, 0.5) is 0 Å². The molecule has 0 aromatic heterocycles. The molecule has 0 amide bonds. The molecule has 0 heterocycles. The number of benzene rings is 1. The SMILES string of the molecule is CCC(N)C(c1ccc(Br)cc1)N(C)CCCN(C)C. The molecule has 0 saturated carbocycles. The lowest BCUT2D eigenvalue weighted by atomic mass is 9.96. The largest absolute Gasteiger partial charge is 0.326 e. The highest BCUT2D eigenvalue weighted by Crippen LogP contribution is 2.25. The summed E-state index contributed by atoms with van der Waals surface area (Å²) in [5.74, 6) is 0. The number of nitrogens with zero attached hydrogens (tertiary/aromatic N) is 2. The third kappa shape index (κ3) is 5.52. The second-order valence-electron chi connectivity index (χ2n) is 5.71. The lowest BCUT2D eigenvalue weighted by Crippen LogP contribution is -2.39. The van der Waals surface area contributed by atoms with Gasteiger partial charge < -0.3 is 10.6 Å². The molecule has 2 atom stereocenters. The van der Waals surface area contributed by atoms with E-state index in [0.717, 1.165) is 30.4 Å². The van der Waals surface area contributed by atoms with Gasteiger partial charge in [-0.05, 0) is 64.8 Å². The quantitative estimate of drug-likeness (QED) is 0.788. The van der Waals surface area contributed by atoms with Crippen LogP contribution in [-0.2, 0) is 0 Å². The molecular formula is C16H28BrN3. The Morgan fingerprint density at radius 2 is 1.70 bits per heavy atom. The molecule has 0 radical (unpaired) electrons. The second-order valence-corrected chi connectivity index (χ2v) is 6.62. The highest BCUT2D eigenvalue weighted by Gasteiger charge is 2.22. The minimum atomic E-state index is 0.167. The normalized spacial score (nSPS) is 14.8. The Kier molecular flexibility index (Phi) is 7.74. The number of hydrogen-bond donors (Lipinski definition) is 1. The van der Waals surface area contributed by atoms with Crippen molar-refractivity contribution in [2.24, 2.45) is 5.73 Å². The van der Waals surface area contributed by atoms with Crippen molar-refractivity contribution in [2.75, 3.05) is 34.2 Å². The Balaban J connectivity index is 2.75. The number of rotatable bonds is 8.